The van der Waals surface area contributed by atoms with E-state index in [1.807, 2.05) is 6.07 Å². The van der Waals surface area contributed by atoms with Gasteiger partial charge in [-0.1, -0.05) is 0 Å². The molecule has 2 aromatic heterocycles. The van der Waals surface area contributed by atoms with Gasteiger partial charge in [0.25, 0.3) is 0 Å². The van der Waals surface area contributed by atoms with Crippen molar-refractivity contribution >= 4 is 11.6 Å². The molecule has 2 N–H and O–H groups in total. The first-order valence-electron chi connectivity index (χ1n) is 6.15. The molecule has 1 aliphatic heterocycles. The van der Waals surface area contributed by atoms with Gasteiger partial charge in [0.05, 0.1) is 17.8 Å². The van der Waals surface area contributed by atoms with Gasteiger partial charge in [-0.25, -0.2) is 14.6 Å². The summed E-state index contributed by atoms with van der Waals surface area (Å²) in [6, 6.07) is 3.60. The molecule has 0 aliphatic carbocycles. The molecule has 1 saturated heterocycles. The summed E-state index contributed by atoms with van der Waals surface area (Å²) in [4.78, 5) is 20.0. The Kier molecular flexibility index (Phi) is 3.20. The van der Waals surface area contributed by atoms with Gasteiger partial charge in [0, 0.05) is 6.54 Å². The Morgan fingerprint density at radius 2 is 2.42 bits per heavy atom. The van der Waals surface area contributed by atoms with Gasteiger partial charge < -0.3 is 10.6 Å². The standard InChI is InChI=1S/C12H14N6O/c19-12(9-3-4-13-5-9)17-10-1-2-11(15-6-10)18-8-14-7-16-18/h1-2,6-9,13H,3-5H2,(H,17,19). The lowest BCUT2D eigenvalue weighted by Gasteiger charge is -2.09. The molecule has 3 rings (SSSR count). The minimum Gasteiger partial charge on any atom is -0.324 e. The van der Waals surface area contributed by atoms with Crippen molar-refractivity contribution in [2.45, 2.75) is 6.42 Å². The van der Waals surface area contributed by atoms with E-state index in [9.17, 15) is 4.79 Å². The maximum atomic E-state index is 11.9. The van der Waals surface area contributed by atoms with Crippen LogP contribution < -0.4 is 10.6 Å². The average Bonchev–Trinajstić information content (AvgIpc) is 3.13. The summed E-state index contributed by atoms with van der Waals surface area (Å²) in [5, 5.41) is 10.0. The smallest absolute Gasteiger partial charge is 0.228 e. The number of aromatic nitrogens is 4. The molecular formula is C12H14N6O. The van der Waals surface area contributed by atoms with Gasteiger partial charge in [0.15, 0.2) is 5.82 Å². The van der Waals surface area contributed by atoms with Gasteiger partial charge in [-0.3, -0.25) is 4.79 Å². The van der Waals surface area contributed by atoms with Crippen molar-refractivity contribution in [2.75, 3.05) is 18.4 Å². The monoisotopic (exact) mass is 258 g/mol. The van der Waals surface area contributed by atoms with Crippen LogP contribution >= 0.6 is 0 Å². The zero-order valence-corrected chi connectivity index (χ0v) is 10.3. The summed E-state index contributed by atoms with van der Waals surface area (Å²) in [6.45, 7) is 1.65. The highest BCUT2D eigenvalue weighted by Crippen LogP contribution is 2.13. The molecule has 98 valence electrons. The third-order valence-corrected chi connectivity index (χ3v) is 3.10. The van der Waals surface area contributed by atoms with E-state index in [1.54, 1.807) is 23.3 Å². The fourth-order valence-corrected chi connectivity index (χ4v) is 2.04. The van der Waals surface area contributed by atoms with Gasteiger partial charge in [0.2, 0.25) is 5.91 Å². The molecule has 1 atom stereocenters. The number of carbonyl (C=O) groups excluding carboxylic acids is 1. The molecule has 0 aromatic carbocycles. The van der Waals surface area contributed by atoms with E-state index in [0.29, 0.717) is 11.5 Å². The lowest BCUT2D eigenvalue weighted by Crippen LogP contribution is -2.24. The Morgan fingerprint density at radius 1 is 1.47 bits per heavy atom. The van der Waals surface area contributed by atoms with E-state index < -0.39 is 0 Å². The predicted molar refractivity (Wildman–Crippen MR) is 68.8 cm³/mol. The summed E-state index contributed by atoms with van der Waals surface area (Å²) in [7, 11) is 0. The maximum Gasteiger partial charge on any atom is 0.228 e. The third-order valence-electron chi connectivity index (χ3n) is 3.10. The molecular weight excluding hydrogens is 244 g/mol. The molecule has 1 aliphatic rings. The molecule has 1 amide bonds. The number of nitrogens with one attached hydrogen (secondary N) is 2. The number of rotatable bonds is 3. The van der Waals surface area contributed by atoms with Crippen LogP contribution in [0, 0.1) is 5.92 Å². The molecule has 7 heteroatoms. The molecule has 0 bridgehead atoms. The molecule has 2 aromatic rings. The van der Waals surface area contributed by atoms with Crippen molar-refractivity contribution in [3.05, 3.63) is 31.0 Å². The highest BCUT2D eigenvalue weighted by molar-refractivity contribution is 5.92. The Hall–Kier alpha value is -2.28. The lowest BCUT2D eigenvalue weighted by atomic mass is 10.1. The van der Waals surface area contributed by atoms with E-state index in [1.165, 1.54) is 6.33 Å². The second-order valence-electron chi connectivity index (χ2n) is 4.42. The fraction of sp³-hybridized carbons (Fsp3) is 0.333. The first-order valence-corrected chi connectivity index (χ1v) is 6.15. The normalized spacial score (nSPS) is 18.4. The van der Waals surface area contributed by atoms with Crippen LogP contribution in [-0.4, -0.2) is 38.7 Å². The van der Waals surface area contributed by atoms with Crippen LogP contribution in [0.2, 0.25) is 0 Å². The minimum atomic E-state index is 0.0419. The number of hydrogen-bond acceptors (Lipinski definition) is 5. The molecule has 1 unspecified atom stereocenters. The quantitative estimate of drug-likeness (QED) is 0.822. The molecule has 1 fully saturated rings. The van der Waals surface area contributed by atoms with Gasteiger partial charge in [-0.15, -0.1) is 0 Å². The highest BCUT2D eigenvalue weighted by atomic mass is 16.1. The SMILES string of the molecule is O=C(Nc1ccc(-n2cncn2)nc1)C1CCNC1. The maximum absolute atomic E-state index is 11.9. The molecule has 19 heavy (non-hydrogen) atoms. The summed E-state index contributed by atoms with van der Waals surface area (Å²) >= 11 is 0. The van der Waals surface area contributed by atoms with E-state index in [2.05, 4.69) is 25.7 Å². The highest BCUT2D eigenvalue weighted by Gasteiger charge is 2.22. The summed E-state index contributed by atoms with van der Waals surface area (Å²) < 4.78 is 1.56. The molecule has 7 nitrogen and oxygen atoms in total. The number of amides is 1. The summed E-state index contributed by atoms with van der Waals surface area (Å²) in [5.74, 6) is 0.758. The molecule has 0 saturated carbocycles. The zero-order chi connectivity index (χ0) is 13.1. The van der Waals surface area contributed by atoms with Crippen molar-refractivity contribution in [3.8, 4) is 5.82 Å². The molecule has 0 spiro atoms. The van der Waals surface area contributed by atoms with Crippen LogP contribution in [0.5, 0.6) is 0 Å². The minimum absolute atomic E-state index is 0.0419. The van der Waals surface area contributed by atoms with Crippen molar-refractivity contribution in [1.29, 1.82) is 0 Å². The number of hydrogen-bond donors (Lipinski definition) is 2. The summed E-state index contributed by atoms with van der Waals surface area (Å²) in [6.07, 6.45) is 5.53. The second kappa shape index (κ2) is 5.15. The van der Waals surface area contributed by atoms with Crippen LogP contribution in [-0.2, 0) is 4.79 Å². The van der Waals surface area contributed by atoms with Gasteiger partial charge in [-0.05, 0) is 25.1 Å². The zero-order valence-electron chi connectivity index (χ0n) is 10.3. The van der Waals surface area contributed by atoms with Crippen LogP contribution in [0.25, 0.3) is 5.82 Å². The first kappa shape index (κ1) is 11.8. The second-order valence-corrected chi connectivity index (χ2v) is 4.42. The Labute approximate surface area is 110 Å². The number of nitrogens with zero attached hydrogens (tertiary/aromatic N) is 4. The largest absolute Gasteiger partial charge is 0.324 e. The third kappa shape index (κ3) is 2.60. The average molecular weight is 258 g/mol. The van der Waals surface area contributed by atoms with E-state index in [-0.39, 0.29) is 11.8 Å². The lowest BCUT2D eigenvalue weighted by molar-refractivity contribution is -0.119. The Balaban J connectivity index is 1.67. The topological polar surface area (TPSA) is 84.7 Å². The van der Waals surface area contributed by atoms with Gasteiger partial charge in [0.1, 0.15) is 12.7 Å². The van der Waals surface area contributed by atoms with E-state index in [0.717, 1.165) is 19.5 Å². The van der Waals surface area contributed by atoms with Crippen LogP contribution in [0.4, 0.5) is 5.69 Å². The Morgan fingerprint density at radius 3 is 3.05 bits per heavy atom. The molecule has 3 heterocycles. The van der Waals surface area contributed by atoms with Crippen molar-refractivity contribution in [3.63, 3.8) is 0 Å². The van der Waals surface area contributed by atoms with Gasteiger partial charge >= 0.3 is 0 Å². The van der Waals surface area contributed by atoms with E-state index >= 15 is 0 Å². The van der Waals surface area contributed by atoms with Gasteiger partial charge in [-0.2, -0.15) is 5.10 Å². The number of pyridine rings is 1. The van der Waals surface area contributed by atoms with Crippen LogP contribution in [0.1, 0.15) is 6.42 Å². The first-order chi connectivity index (χ1) is 9.33. The number of carbonyl (C=O) groups is 1. The molecule has 0 radical (unpaired) electrons. The van der Waals surface area contributed by atoms with Crippen LogP contribution in [0.15, 0.2) is 31.0 Å². The van der Waals surface area contributed by atoms with Crippen molar-refractivity contribution in [1.82, 2.24) is 25.1 Å². The predicted octanol–water partition coefficient (Wildman–Crippen LogP) is 0.210. The fourth-order valence-electron chi connectivity index (χ4n) is 2.04. The summed E-state index contributed by atoms with van der Waals surface area (Å²) in [5.41, 5.74) is 0.695. The van der Waals surface area contributed by atoms with Crippen LogP contribution in [0.3, 0.4) is 0 Å². The number of anilines is 1. The van der Waals surface area contributed by atoms with Crippen molar-refractivity contribution in [2.24, 2.45) is 5.92 Å². The van der Waals surface area contributed by atoms with Crippen molar-refractivity contribution < 1.29 is 4.79 Å². The Bertz CT molecular complexity index is 544. The van der Waals surface area contributed by atoms with E-state index in [4.69, 9.17) is 0 Å².